The maximum atomic E-state index is 12.6. The molecule has 0 unspecified atom stereocenters. The van der Waals surface area contributed by atoms with Crippen molar-refractivity contribution >= 4 is 28.5 Å². The van der Waals surface area contributed by atoms with Gasteiger partial charge in [-0.2, -0.15) is 0 Å². The quantitative estimate of drug-likeness (QED) is 0.758. The minimum atomic E-state index is -0.0962. The minimum absolute atomic E-state index is 0.0559. The lowest BCUT2D eigenvalue weighted by Gasteiger charge is -2.21. The molecule has 0 radical (unpaired) electrons. The van der Waals surface area contributed by atoms with E-state index < -0.39 is 0 Å². The first-order chi connectivity index (χ1) is 10.7. The van der Waals surface area contributed by atoms with Gasteiger partial charge in [0.2, 0.25) is 0 Å². The van der Waals surface area contributed by atoms with E-state index in [4.69, 9.17) is 0 Å². The lowest BCUT2D eigenvalue weighted by molar-refractivity contribution is -0.128. The predicted molar refractivity (Wildman–Crippen MR) is 86.5 cm³/mol. The first kappa shape index (κ1) is 13.3. The van der Waals surface area contributed by atoms with Crippen molar-refractivity contribution in [2.24, 2.45) is 0 Å². The Hall–Kier alpha value is -2.42. The van der Waals surface area contributed by atoms with Crippen LogP contribution in [0.5, 0.6) is 0 Å². The maximum absolute atomic E-state index is 12.6. The van der Waals surface area contributed by atoms with Gasteiger partial charge in [0.25, 0.3) is 5.91 Å². The molecule has 0 atom stereocenters. The molecule has 0 spiro atoms. The molecule has 1 heterocycles. The average Bonchev–Trinajstić information content (AvgIpc) is 3.08. The predicted octanol–water partition coefficient (Wildman–Crippen LogP) is 2.97. The van der Waals surface area contributed by atoms with Gasteiger partial charge < -0.3 is 4.90 Å². The van der Waals surface area contributed by atoms with Crippen molar-refractivity contribution in [1.29, 1.82) is 0 Å². The molecule has 0 N–H and O–H groups in total. The molecule has 2 aliphatic rings. The zero-order valence-electron chi connectivity index (χ0n) is 12.3. The lowest BCUT2D eigenvalue weighted by Crippen LogP contribution is -2.33. The van der Waals surface area contributed by atoms with E-state index in [1.165, 1.54) is 0 Å². The summed E-state index contributed by atoms with van der Waals surface area (Å²) in [6, 6.07) is 12.2. The smallest absolute Gasteiger partial charge is 0.257 e. The number of carbonyl (C=O) groups excluding carboxylic acids is 2. The normalized spacial score (nSPS) is 17.5. The van der Waals surface area contributed by atoms with Crippen LogP contribution in [0.3, 0.4) is 0 Å². The number of nitrogens with zero attached hydrogens (tertiary/aromatic N) is 1. The van der Waals surface area contributed by atoms with Crippen LogP contribution in [0.1, 0.15) is 24.0 Å². The number of hydrogen-bond donors (Lipinski definition) is 0. The second kappa shape index (κ2) is 5.09. The molecule has 0 bridgehead atoms. The summed E-state index contributed by atoms with van der Waals surface area (Å²) in [5.74, 6) is -0.152. The molecule has 22 heavy (non-hydrogen) atoms. The summed E-state index contributed by atoms with van der Waals surface area (Å²) >= 11 is 0. The van der Waals surface area contributed by atoms with Crippen molar-refractivity contribution in [3.05, 3.63) is 53.1 Å². The Labute approximate surface area is 129 Å². The third kappa shape index (κ3) is 2.05. The molecule has 110 valence electrons. The van der Waals surface area contributed by atoms with Gasteiger partial charge in [0.1, 0.15) is 0 Å². The third-order valence-corrected chi connectivity index (χ3v) is 4.62. The fraction of sp³-hybridized carbons (Fsp3) is 0.263. The fourth-order valence-corrected chi connectivity index (χ4v) is 3.43. The first-order valence-corrected chi connectivity index (χ1v) is 7.79. The van der Waals surface area contributed by atoms with Gasteiger partial charge in [-0.05, 0) is 40.8 Å². The van der Waals surface area contributed by atoms with Crippen LogP contribution in [-0.2, 0) is 16.0 Å². The number of likely N-dealkylation sites (tertiary alicyclic amines) is 1. The molecule has 1 aliphatic heterocycles. The van der Waals surface area contributed by atoms with Gasteiger partial charge >= 0.3 is 0 Å². The van der Waals surface area contributed by atoms with Gasteiger partial charge in [0.05, 0.1) is 5.57 Å². The van der Waals surface area contributed by atoms with Crippen molar-refractivity contribution in [1.82, 2.24) is 4.90 Å². The molecule has 1 amide bonds. The third-order valence-electron chi connectivity index (χ3n) is 4.62. The van der Waals surface area contributed by atoms with Crippen LogP contribution in [0.2, 0.25) is 0 Å². The molecule has 1 fully saturated rings. The second-order valence-corrected chi connectivity index (χ2v) is 6.02. The Morgan fingerprint density at radius 3 is 2.59 bits per heavy atom. The van der Waals surface area contributed by atoms with Crippen molar-refractivity contribution in [2.75, 3.05) is 13.1 Å². The number of fused-ring (bicyclic) bond motifs is 3. The summed E-state index contributed by atoms with van der Waals surface area (Å²) in [5.41, 5.74) is 2.40. The van der Waals surface area contributed by atoms with E-state index in [1.807, 2.05) is 30.3 Å². The summed E-state index contributed by atoms with van der Waals surface area (Å²) in [5, 5.41) is 2.25. The second-order valence-electron chi connectivity index (χ2n) is 6.02. The summed E-state index contributed by atoms with van der Waals surface area (Å²) in [4.78, 5) is 26.8. The zero-order valence-corrected chi connectivity index (χ0v) is 12.3. The number of hydrogen-bond acceptors (Lipinski definition) is 2. The molecule has 4 rings (SSSR count). The summed E-state index contributed by atoms with van der Waals surface area (Å²) in [6.45, 7) is 1.54. The van der Waals surface area contributed by atoms with E-state index in [0.717, 1.165) is 47.8 Å². The molecule has 0 aromatic heterocycles. The first-order valence-electron chi connectivity index (χ1n) is 7.79. The number of Topliss-reactive ketones (excluding diaryl/α,β-unsaturated/α-hetero) is 1. The van der Waals surface area contributed by atoms with E-state index in [2.05, 4.69) is 12.1 Å². The van der Waals surface area contributed by atoms with Gasteiger partial charge in [-0.25, -0.2) is 0 Å². The van der Waals surface area contributed by atoms with Crippen LogP contribution in [-0.4, -0.2) is 29.7 Å². The summed E-state index contributed by atoms with van der Waals surface area (Å²) in [7, 11) is 0. The van der Waals surface area contributed by atoms with Crippen LogP contribution in [0, 0.1) is 0 Å². The van der Waals surface area contributed by atoms with Crippen LogP contribution in [0.25, 0.3) is 16.8 Å². The highest BCUT2D eigenvalue weighted by Gasteiger charge is 2.29. The van der Waals surface area contributed by atoms with Crippen LogP contribution in [0.4, 0.5) is 0 Å². The number of carbonyl (C=O) groups is 2. The number of ketones is 1. The van der Waals surface area contributed by atoms with Crippen LogP contribution >= 0.6 is 0 Å². The van der Waals surface area contributed by atoms with E-state index in [9.17, 15) is 9.59 Å². The Morgan fingerprint density at radius 2 is 1.77 bits per heavy atom. The van der Waals surface area contributed by atoms with Gasteiger partial charge in [0, 0.05) is 19.5 Å². The van der Waals surface area contributed by atoms with Crippen molar-refractivity contribution < 1.29 is 9.59 Å². The highest BCUT2D eigenvalue weighted by atomic mass is 16.2. The Kier molecular flexibility index (Phi) is 3.07. The highest BCUT2D eigenvalue weighted by molar-refractivity contribution is 6.25. The molecule has 3 heteroatoms. The number of amides is 1. The minimum Gasteiger partial charge on any atom is -0.339 e. The monoisotopic (exact) mass is 291 g/mol. The zero-order chi connectivity index (χ0) is 15.1. The number of rotatable bonds is 1. The molecule has 2 aromatic rings. The lowest BCUT2D eigenvalue weighted by atomic mass is 9.87. The Bertz CT molecular complexity index is 813. The molecule has 3 nitrogen and oxygen atoms in total. The number of benzene rings is 2. The molecular formula is C19H17NO2. The summed E-state index contributed by atoms with van der Waals surface area (Å²) in [6.07, 6.45) is 4.20. The van der Waals surface area contributed by atoms with Gasteiger partial charge in [-0.15, -0.1) is 0 Å². The van der Waals surface area contributed by atoms with Crippen LogP contribution in [0.15, 0.2) is 42.0 Å². The SMILES string of the molecule is O=C1Cc2ccc3ccccc3c2C=C1C(=O)N1CCCC1. The average molecular weight is 291 g/mol. The van der Waals surface area contributed by atoms with E-state index >= 15 is 0 Å². The topological polar surface area (TPSA) is 37.4 Å². The van der Waals surface area contributed by atoms with Gasteiger partial charge in [-0.1, -0.05) is 36.4 Å². The van der Waals surface area contributed by atoms with Gasteiger partial charge in [-0.3, -0.25) is 9.59 Å². The van der Waals surface area contributed by atoms with Crippen molar-refractivity contribution in [2.45, 2.75) is 19.3 Å². The molecule has 0 saturated carbocycles. The Balaban J connectivity index is 1.84. The highest BCUT2D eigenvalue weighted by Crippen LogP contribution is 2.30. The molecule has 2 aromatic carbocycles. The molecular weight excluding hydrogens is 274 g/mol. The summed E-state index contributed by atoms with van der Waals surface area (Å²) < 4.78 is 0. The van der Waals surface area contributed by atoms with E-state index in [0.29, 0.717) is 12.0 Å². The fourth-order valence-electron chi connectivity index (χ4n) is 3.43. The van der Waals surface area contributed by atoms with E-state index in [1.54, 1.807) is 4.90 Å². The largest absolute Gasteiger partial charge is 0.339 e. The maximum Gasteiger partial charge on any atom is 0.257 e. The van der Waals surface area contributed by atoms with Gasteiger partial charge in [0.15, 0.2) is 5.78 Å². The molecule has 1 aliphatic carbocycles. The standard InChI is InChI=1S/C19H17NO2/c21-18-11-14-8-7-13-5-1-2-6-15(13)16(14)12-17(18)19(22)20-9-3-4-10-20/h1-2,5-8,12H,3-4,9-11H2. The van der Waals surface area contributed by atoms with Crippen molar-refractivity contribution in [3.63, 3.8) is 0 Å². The van der Waals surface area contributed by atoms with Crippen molar-refractivity contribution in [3.8, 4) is 0 Å². The van der Waals surface area contributed by atoms with Crippen LogP contribution < -0.4 is 0 Å². The van der Waals surface area contributed by atoms with E-state index in [-0.39, 0.29) is 11.7 Å². The Morgan fingerprint density at radius 1 is 1.00 bits per heavy atom. The molecule has 1 saturated heterocycles.